The van der Waals surface area contributed by atoms with Gasteiger partial charge in [-0.25, -0.2) is 4.98 Å². The number of nitrogens with one attached hydrogen (secondary N) is 1. The summed E-state index contributed by atoms with van der Waals surface area (Å²) in [6.07, 6.45) is 2.10. The molecular formula is C15H26N4OS. The number of hydrogen-bond donors (Lipinski definition) is 1. The number of likely N-dealkylation sites (N-methyl/N-ethyl adjacent to an activating group) is 1. The van der Waals surface area contributed by atoms with Gasteiger partial charge in [0, 0.05) is 43.9 Å². The molecule has 0 fully saturated rings. The Bertz CT molecular complexity index is 549. The van der Waals surface area contributed by atoms with Gasteiger partial charge in [-0.15, -0.1) is 11.3 Å². The zero-order chi connectivity index (χ0) is 15.2. The molecule has 5 nitrogen and oxygen atoms in total. The van der Waals surface area contributed by atoms with Gasteiger partial charge in [-0.2, -0.15) is 0 Å². The SMILES string of the molecule is CCOCCN(CC)c1nc2sccn2c1CNC(C)C. The van der Waals surface area contributed by atoms with Gasteiger partial charge in [0.05, 0.1) is 12.3 Å². The fraction of sp³-hybridized carbons (Fsp3) is 0.667. The molecule has 0 atom stereocenters. The molecule has 0 aromatic carbocycles. The van der Waals surface area contributed by atoms with E-state index in [0.29, 0.717) is 6.04 Å². The lowest BCUT2D eigenvalue weighted by molar-refractivity contribution is 0.154. The molecule has 0 saturated heterocycles. The quantitative estimate of drug-likeness (QED) is 0.723. The van der Waals surface area contributed by atoms with E-state index in [-0.39, 0.29) is 0 Å². The van der Waals surface area contributed by atoms with Crippen LogP contribution in [0.4, 0.5) is 5.82 Å². The van der Waals surface area contributed by atoms with Crippen LogP contribution in [0.15, 0.2) is 11.6 Å². The number of ether oxygens (including phenoxy) is 1. The summed E-state index contributed by atoms with van der Waals surface area (Å²) in [5, 5.41) is 5.59. The molecule has 2 heterocycles. The van der Waals surface area contributed by atoms with Crippen LogP contribution in [-0.4, -0.2) is 41.7 Å². The van der Waals surface area contributed by atoms with Gasteiger partial charge >= 0.3 is 0 Å². The van der Waals surface area contributed by atoms with Gasteiger partial charge in [0.2, 0.25) is 0 Å². The molecular weight excluding hydrogens is 284 g/mol. The van der Waals surface area contributed by atoms with Crippen molar-refractivity contribution in [2.24, 2.45) is 0 Å². The van der Waals surface area contributed by atoms with Crippen molar-refractivity contribution in [1.82, 2.24) is 14.7 Å². The summed E-state index contributed by atoms with van der Waals surface area (Å²) in [5.74, 6) is 1.08. The highest BCUT2D eigenvalue weighted by Crippen LogP contribution is 2.24. The maximum absolute atomic E-state index is 5.49. The van der Waals surface area contributed by atoms with E-state index in [2.05, 4.69) is 47.0 Å². The normalized spacial score (nSPS) is 11.7. The standard InChI is InChI=1S/C15H26N4OS/c1-5-18(7-9-20-6-2)14-13(11-16-12(3)4)19-8-10-21-15(19)17-14/h8,10,12,16H,5-7,9,11H2,1-4H3. The summed E-state index contributed by atoms with van der Waals surface area (Å²) in [5.41, 5.74) is 1.23. The minimum absolute atomic E-state index is 0.459. The largest absolute Gasteiger partial charge is 0.380 e. The summed E-state index contributed by atoms with van der Waals surface area (Å²) in [4.78, 5) is 8.17. The summed E-state index contributed by atoms with van der Waals surface area (Å²) in [6.45, 7) is 12.7. The maximum Gasteiger partial charge on any atom is 0.195 e. The van der Waals surface area contributed by atoms with E-state index in [0.717, 1.165) is 43.6 Å². The summed E-state index contributed by atoms with van der Waals surface area (Å²) in [6, 6.07) is 0.459. The summed E-state index contributed by atoms with van der Waals surface area (Å²) >= 11 is 1.68. The molecule has 1 N–H and O–H groups in total. The van der Waals surface area contributed by atoms with Gasteiger partial charge in [-0.05, 0) is 13.8 Å². The lowest BCUT2D eigenvalue weighted by atomic mass is 10.3. The van der Waals surface area contributed by atoms with Crippen LogP contribution in [0, 0.1) is 0 Å². The highest BCUT2D eigenvalue weighted by atomic mass is 32.1. The van der Waals surface area contributed by atoms with Crippen molar-refractivity contribution >= 4 is 22.1 Å². The molecule has 21 heavy (non-hydrogen) atoms. The number of imidazole rings is 1. The van der Waals surface area contributed by atoms with Crippen LogP contribution in [0.5, 0.6) is 0 Å². The first-order valence-corrected chi connectivity index (χ1v) is 8.55. The smallest absolute Gasteiger partial charge is 0.195 e. The second kappa shape index (κ2) is 7.77. The molecule has 118 valence electrons. The molecule has 0 aliphatic carbocycles. The van der Waals surface area contributed by atoms with Crippen molar-refractivity contribution in [1.29, 1.82) is 0 Å². The lowest BCUT2D eigenvalue weighted by Crippen LogP contribution is -2.30. The van der Waals surface area contributed by atoms with Crippen LogP contribution in [0.25, 0.3) is 4.96 Å². The fourth-order valence-corrected chi connectivity index (χ4v) is 3.00. The molecule has 0 bridgehead atoms. The van der Waals surface area contributed by atoms with Gasteiger partial charge < -0.3 is 15.0 Å². The van der Waals surface area contributed by atoms with Crippen LogP contribution in [-0.2, 0) is 11.3 Å². The topological polar surface area (TPSA) is 41.8 Å². The van der Waals surface area contributed by atoms with Crippen LogP contribution in [0.2, 0.25) is 0 Å². The Balaban J connectivity index is 2.22. The Labute approximate surface area is 130 Å². The Hall–Kier alpha value is -1.11. The number of fused-ring (bicyclic) bond motifs is 1. The third kappa shape index (κ3) is 3.96. The van der Waals surface area contributed by atoms with Crippen LogP contribution >= 0.6 is 11.3 Å². The average molecular weight is 310 g/mol. The van der Waals surface area contributed by atoms with Crippen molar-refractivity contribution in [3.05, 3.63) is 17.3 Å². The first-order chi connectivity index (χ1) is 10.2. The number of rotatable bonds is 9. The van der Waals surface area contributed by atoms with Crippen LogP contribution in [0.1, 0.15) is 33.4 Å². The van der Waals surface area contributed by atoms with Crippen LogP contribution in [0.3, 0.4) is 0 Å². The molecule has 2 rings (SSSR count). The maximum atomic E-state index is 5.49. The number of anilines is 1. The Morgan fingerprint density at radius 1 is 1.43 bits per heavy atom. The average Bonchev–Trinajstić information content (AvgIpc) is 3.02. The minimum Gasteiger partial charge on any atom is -0.380 e. The van der Waals surface area contributed by atoms with Crippen molar-refractivity contribution in [2.75, 3.05) is 31.2 Å². The minimum atomic E-state index is 0.459. The lowest BCUT2D eigenvalue weighted by Gasteiger charge is -2.22. The number of nitrogens with zero attached hydrogens (tertiary/aromatic N) is 3. The van der Waals surface area contributed by atoms with E-state index in [4.69, 9.17) is 9.72 Å². The predicted octanol–water partition coefficient (Wildman–Crippen LogP) is 2.76. The zero-order valence-electron chi connectivity index (χ0n) is 13.4. The molecule has 0 spiro atoms. The first kappa shape index (κ1) is 16.3. The van der Waals surface area contributed by atoms with Gasteiger partial charge in [-0.1, -0.05) is 13.8 Å². The van der Waals surface area contributed by atoms with E-state index in [1.54, 1.807) is 11.3 Å². The van der Waals surface area contributed by atoms with Gasteiger partial charge in [0.1, 0.15) is 0 Å². The Kier molecular flexibility index (Phi) is 6.02. The van der Waals surface area contributed by atoms with Gasteiger partial charge in [-0.3, -0.25) is 4.40 Å². The van der Waals surface area contributed by atoms with E-state index < -0.39 is 0 Å². The van der Waals surface area contributed by atoms with Crippen molar-refractivity contribution in [2.45, 2.75) is 40.3 Å². The molecule has 0 aliphatic rings. The molecule has 6 heteroatoms. The first-order valence-electron chi connectivity index (χ1n) is 7.67. The third-order valence-corrected chi connectivity index (χ3v) is 4.17. The van der Waals surface area contributed by atoms with Crippen molar-refractivity contribution < 1.29 is 4.74 Å². The molecule has 0 aliphatic heterocycles. The molecule has 0 amide bonds. The fourth-order valence-electron chi connectivity index (χ4n) is 2.27. The van der Waals surface area contributed by atoms with E-state index in [1.807, 2.05) is 6.92 Å². The highest BCUT2D eigenvalue weighted by molar-refractivity contribution is 7.15. The van der Waals surface area contributed by atoms with Gasteiger partial charge in [0.25, 0.3) is 0 Å². The summed E-state index contributed by atoms with van der Waals surface area (Å²) < 4.78 is 7.68. The van der Waals surface area contributed by atoms with E-state index >= 15 is 0 Å². The third-order valence-electron chi connectivity index (χ3n) is 3.41. The highest BCUT2D eigenvalue weighted by Gasteiger charge is 2.18. The number of thiazole rings is 1. The molecule has 0 radical (unpaired) electrons. The predicted molar refractivity (Wildman–Crippen MR) is 89.4 cm³/mol. The molecule has 2 aromatic rings. The summed E-state index contributed by atoms with van der Waals surface area (Å²) in [7, 11) is 0. The van der Waals surface area contributed by atoms with Crippen molar-refractivity contribution in [3.8, 4) is 0 Å². The van der Waals surface area contributed by atoms with Crippen LogP contribution < -0.4 is 10.2 Å². The van der Waals surface area contributed by atoms with E-state index in [9.17, 15) is 0 Å². The molecule has 0 unspecified atom stereocenters. The monoisotopic (exact) mass is 310 g/mol. The number of aromatic nitrogens is 2. The van der Waals surface area contributed by atoms with Crippen molar-refractivity contribution in [3.63, 3.8) is 0 Å². The molecule has 2 aromatic heterocycles. The Morgan fingerprint density at radius 2 is 2.24 bits per heavy atom. The number of hydrogen-bond acceptors (Lipinski definition) is 5. The van der Waals surface area contributed by atoms with Gasteiger partial charge in [0.15, 0.2) is 10.8 Å². The zero-order valence-corrected chi connectivity index (χ0v) is 14.2. The van der Waals surface area contributed by atoms with E-state index in [1.165, 1.54) is 5.69 Å². The second-order valence-electron chi connectivity index (χ2n) is 5.25. The Morgan fingerprint density at radius 3 is 2.90 bits per heavy atom. The molecule has 0 saturated carbocycles. The second-order valence-corrected chi connectivity index (χ2v) is 6.12.